The zero-order valence-electron chi connectivity index (χ0n) is 11.2. The normalized spacial score (nSPS) is 10.8. The van der Waals surface area contributed by atoms with Crippen LogP contribution in [0.4, 0.5) is 5.13 Å². The largest absolute Gasteiger partial charge is 0.362 e. The second-order valence-electron chi connectivity index (χ2n) is 4.15. The Morgan fingerprint density at radius 1 is 1.28 bits per heavy atom. The van der Waals surface area contributed by atoms with Crippen molar-refractivity contribution < 1.29 is 0 Å². The minimum absolute atomic E-state index is 0.826. The molecule has 2 aromatic rings. The van der Waals surface area contributed by atoms with Gasteiger partial charge in [-0.2, -0.15) is 5.10 Å². The van der Waals surface area contributed by atoms with E-state index in [2.05, 4.69) is 46.9 Å². The molecule has 0 unspecified atom stereocenters. The predicted octanol–water partition coefficient (Wildman–Crippen LogP) is 2.94. The number of hydrogen-bond donors (Lipinski definition) is 1. The zero-order valence-corrected chi connectivity index (χ0v) is 12.0. The number of aromatic nitrogens is 3. The number of nitrogens with zero attached hydrogens (tertiary/aromatic N) is 3. The second-order valence-corrected chi connectivity index (χ2v) is 5.27. The third-order valence-corrected chi connectivity index (χ3v) is 3.77. The van der Waals surface area contributed by atoms with E-state index in [1.165, 1.54) is 16.3 Å². The topological polar surface area (TPSA) is 42.7 Å². The van der Waals surface area contributed by atoms with Gasteiger partial charge in [0.05, 0.1) is 12.2 Å². The Labute approximate surface area is 112 Å². The molecular weight excluding hydrogens is 244 g/mol. The first-order valence-electron chi connectivity index (χ1n) is 6.51. The molecule has 0 saturated carbocycles. The van der Waals surface area contributed by atoms with Crippen LogP contribution >= 0.6 is 11.3 Å². The highest BCUT2D eigenvalue weighted by molar-refractivity contribution is 7.15. The summed E-state index contributed by atoms with van der Waals surface area (Å²) in [6.07, 6.45) is 3.95. The van der Waals surface area contributed by atoms with E-state index in [1.807, 2.05) is 6.20 Å². The van der Waals surface area contributed by atoms with Gasteiger partial charge in [0.2, 0.25) is 0 Å². The van der Waals surface area contributed by atoms with Crippen molar-refractivity contribution >= 4 is 16.5 Å². The molecule has 5 heteroatoms. The van der Waals surface area contributed by atoms with Crippen LogP contribution in [0.1, 0.15) is 37.0 Å². The summed E-state index contributed by atoms with van der Waals surface area (Å²) in [5.74, 6) is 0. The summed E-state index contributed by atoms with van der Waals surface area (Å²) < 4.78 is 2.10. The van der Waals surface area contributed by atoms with Crippen molar-refractivity contribution in [1.82, 2.24) is 14.8 Å². The second kappa shape index (κ2) is 6.00. The van der Waals surface area contributed by atoms with Gasteiger partial charge in [0, 0.05) is 23.3 Å². The molecule has 2 aromatic heterocycles. The van der Waals surface area contributed by atoms with E-state index < -0.39 is 0 Å². The fraction of sp³-hybridized carbons (Fsp3) is 0.538. The molecule has 18 heavy (non-hydrogen) atoms. The Morgan fingerprint density at radius 3 is 2.78 bits per heavy atom. The molecule has 0 atom stereocenters. The Hall–Kier alpha value is -1.36. The summed E-state index contributed by atoms with van der Waals surface area (Å²) in [7, 11) is 0. The molecule has 1 N–H and O–H groups in total. The van der Waals surface area contributed by atoms with Crippen LogP contribution in [0.5, 0.6) is 0 Å². The highest BCUT2D eigenvalue weighted by Crippen LogP contribution is 2.19. The summed E-state index contributed by atoms with van der Waals surface area (Å²) in [5.41, 5.74) is 2.47. The molecule has 0 aromatic carbocycles. The van der Waals surface area contributed by atoms with E-state index in [1.54, 1.807) is 11.3 Å². The molecule has 98 valence electrons. The zero-order chi connectivity index (χ0) is 13.0. The number of rotatable bonds is 6. The van der Waals surface area contributed by atoms with Gasteiger partial charge in [-0.05, 0) is 25.8 Å². The number of nitrogens with one attached hydrogen (secondary N) is 1. The summed E-state index contributed by atoms with van der Waals surface area (Å²) in [6, 6.07) is 2.20. The van der Waals surface area contributed by atoms with Crippen LogP contribution in [0.3, 0.4) is 0 Å². The Kier molecular flexibility index (Phi) is 4.36. The number of anilines is 1. The van der Waals surface area contributed by atoms with Crippen LogP contribution < -0.4 is 5.32 Å². The van der Waals surface area contributed by atoms with E-state index >= 15 is 0 Å². The fourth-order valence-corrected chi connectivity index (χ4v) is 2.73. The van der Waals surface area contributed by atoms with E-state index in [0.717, 1.165) is 31.1 Å². The Bertz CT molecular complexity index is 501. The third kappa shape index (κ3) is 2.90. The van der Waals surface area contributed by atoms with Gasteiger partial charge in [0.25, 0.3) is 0 Å². The van der Waals surface area contributed by atoms with Gasteiger partial charge >= 0.3 is 0 Å². The van der Waals surface area contributed by atoms with Crippen molar-refractivity contribution in [1.29, 1.82) is 0 Å². The third-order valence-electron chi connectivity index (χ3n) is 2.83. The van der Waals surface area contributed by atoms with Crippen molar-refractivity contribution in [2.75, 3.05) is 11.9 Å². The lowest BCUT2D eigenvalue weighted by Crippen LogP contribution is -2.04. The van der Waals surface area contributed by atoms with E-state index in [4.69, 9.17) is 0 Å². The molecule has 0 fully saturated rings. The first kappa shape index (κ1) is 13.1. The molecule has 0 bridgehead atoms. The molecule has 2 rings (SSSR count). The fourth-order valence-electron chi connectivity index (χ4n) is 1.87. The van der Waals surface area contributed by atoms with Crippen molar-refractivity contribution in [3.05, 3.63) is 28.5 Å². The average Bonchev–Trinajstić information content (AvgIpc) is 2.97. The highest BCUT2D eigenvalue weighted by atomic mass is 32.1. The predicted molar refractivity (Wildman–Crippen MR) is 76.4 cm³/mol. The lowest BCUT2D eigenvalue weighted by Gasteiger charge is -2.03. The van der Waals surface area contributed by atoms with Crippen LogP contribution in [0, 0.1) is 0 Å². The average molecular weight is 264 g/mol. The van der Waals surface area contributed by atoms with Crippen molar-refractivity contribution in [2.45, 2.75) is 40.2 Å². The summed E-state index contributed by atoms with van der Waals surface area (Å²) in [4.78, 5) is 5.59. The molecule has 4 nitrogen and oxygen atoms in total. The molecule has 0 radical (unpaired) electrons. The molecule has 0 spiro atoms. The van der Waals surface area contributed by atoms with Crippen molar-refractivity contribution in [2.24, 2.45) is 0 Å². The summed E-state index contributed by atoms with van der Waals surface area (Å²) in [5, 5.41) is 8.86. The molecule has 0 aliphatic carbocycles. The molecule has 0 aliphatic rings. The Morgan fingerprint density at radius 2 is 2.11 bits per heavy atom. The summed E-state index contributed by atoms with van der Waals surface area (Å²) in [6.45, 7) is 8.13. The molecular formula is C13H20N4S. The summed E-state index contributed by atoms with van der Waals surface area (Å²) >= 11 is 1.71. The number of hydrogen-bond acceptors (Lipinski definition) is 4. The van der Waals surface area contributed by atoms with Gasteiger partial charge in [-0.3, -0.25) is 4.68 Å². The lowest BCUT2D eigenvalue weighted by atomic mass is 10.2. The smallest absolute Gasteiger partial charge is 0.182 e. The van der Waals surface area contributed by atoms with Gasteiger partial charge in [0.15, 0.2) is 5.13 Å². The first-order valence-corrected chi connectivity index (χ1v) is 7.32. The SMILES string of the molecule is CCNc1ncc(Cn2nc(CC)cc2CC)s1. The van der Waals surface area contributed by atoms with Crippen LogP contribution in [-0.2, 0) is 19.4 Å². The first-order chi connectivity index (χ1) is 8.76. The van der Waals surface area contributed by atoms with Crippen LogP contribution in [0.25, 0.3) is 0 Å². The maximum Gasteiger partial charge on any atom is 0.182 e. The van der Waals surface area contributed by atoms with E-state index in [-0.39, 0.29) is 0 Å². The van der Waals surface area contributed by atoms with Crippen LogP contribution in [0.15, 0.2) is 12.3 Å². The maximum atomic E-state index is 4.63. The molecule has 2 heterocycles. The van der Waals surface area contributed by atoms with Crippen molar-refractivity contribution in [3.8, 4) is 0 Å². The minimum atomic E-state index is 0.826. The molecule has 0 aliphatic heterocycles. The van der Waals surface area contributed by atoms with Crippen LogP contribution in [0.2, 0.25) is 0 Å². The van der Waals surface area contributed by atoms with Gasteiger partial charge in [-0.25, -0.2) is 4.98 Å². The van der Waals surface area contributed by atoms with Gasteiger partial charge in [-0.1, -0.05) is 13.8 Å². The molecule has 0 saturated heterocycles. The minimum Gasteiger partial charge on any atom is -0.362 e. The number of thiazole rings is 1. The standard InChI is InChI=1S/C13H20N4S/c1-4-10-7-11(5-2)17(16-10)9-12-8-15-13(18-12)14-6-3/h7-8H,4-6,9H2,1-3H3,(H,14,15). The lowest BCUT2D eigenvalue weighted by molar-refractivity contribution is 0.646. The van der Waals surface area contributed by atoms with Gasteiger partial charge in [0.1, 0.15) is 0 Å². The van der Waals surface area contributed by atoms with Gasteiger partial charge in [-0.15, -0.1) is 11.3 Å². The Balaban J connectivity index is 2.14. The van der Waals surface area contributed by atoms with Crippen LogP contribution in [-0.4, -0.2) is 21.3 Å². The number of aryl methyl sites for hydroxylation is 2. The van der Waals surface area contributed by atoms with Gasteiger partial charge < -0.3 is 5.32 Å². The van der Waals surface area contributed by atoms with Crippen molar-refractivity contribution in [3.63, 3.8) is 0 Å². The molecule has 0 amide bonds. The quantitative estimate of drug-likeness (QED) is 0.872. The van der Waals surface area contributed by atoms with E-state index in [0.29, 0.717) is 0 Å². The monoisotopic (exact) mass is 264 g/mol. The van der Waals surface area contributed by atoms with E-state index in [9.17, 15) is 0 Å². The highest BCUT2D eigenvalue weighted by Gasteiger charge is 2.08. The maximum absolute atomic E-state index is 4.63.